The summed E-state index contributed by atoms with van der Waals surface area (Å²) in [5.74, 6) is 1.05. The molecule has 2 heterocycles. The molecule has 2 aromatic carbocycles. The fourth-order valence-corrected chi connectivity index (χ4v) is 3.92. The van der Waals surface area contributed by atoms with E-state index in [1.807, 2.05) is 30.3 Å². The Bertz CT molecular complexity index is 971. The molecule has 1 saturated heterocycles. The Morgan fingerprint density at radius 2 is 2.00 bits per heavy atom. The molecule has 0 aliphatic carbocycles. The Labute approximate surface area is 176 Å². The Kier molecular flexibility index (Phi) is 6.44. The van der Waals surface area contributed by atoms with Crippen molar-refractivity contribution >= 4 is 5.91 Å². The van der Waals surface area contributed by atoms with E-state index in [-0.39, 0.29) is 17.6 Å². The molecule has 156 valence electrons. The highest BCUT2D eigenvalue weighted by Gasteiger charge is 2.25. The standard InChI is InChI=1S/C24H27N3O3/c1-29-21-11-5-9-19(13-21)15-25-24(28)23-14-22(26-30-23)20-10-6-12-27(17-20)16-18-7-3-2-4-8-18/h2-5,7-9,11,13-14,20H,6,10,12,15-17H2,1H3,(H,25,28)/t20-/m0/s1. The number of amides is 1. The Balaban J connectivity index is 1.34. The maximum absolute atomic E-state index is 12.5. The minimum atomic E-state index is -0.256. The minimum absolute atomic E-state index is 0.256. The molecule has 1 aromatic heterocycles. The molecule has 6 nitrogen and oxygen atoms in total. The number of likely N-dealkylation sites (tertiary alicyclic amines) is 1. The maximum Gasteiger partial charge on any atom is 0.290 e. The molecular formula is C24H27N3O3. The van der Waals surface area contributed by atoms with Crippen LogP contribution in [0.1, 0.15) is 46.1 Å². The van der Waals surface area contributed by atoms with Crippen molar-refractivity contribution in [3.8, 4) is 5.75 Å². The van der Waals surface area contributed by atoms with E-state index in [1.165, 1.54) is 5.56 Å². The van der Waals surface area contributed by atoms with Crippen molar-refractivity contribution in [2.75, 3.05) is 20.2 Å². The van der Waals surface area contributed by atoms with Crippen molar-refractivity contribution in [3.63, 3.8) is 0 Å². The number of nitrogens with one attached hydrogen (secondary N) is 1. The smallest absolute Gasteiger partial charge is 0.290 e. The normalized spacial score (nSPS) is 16.9. The summed E-state index contributed by atoms with van der Waals surface area (Å²) in [6.07, 6.45) is 2.17. The fraction of sp³-hybridized carbons (Fsp3) is 0.333. The summed E-state index contributed by atoms with van der Waals surface area (Å²) in [6.45, 7) is 3.34. The van der Waals surface area contributed by atoms with E-state index in [0.29, 0.717) is 6.54 Å². The SMILES string of the molecule is COc1cccc(CNC(=O)c2cc([C@H]3CCCN(Cc4ccccc4)C3)no2)c1. The number of benzene rings is 2. The van der Waals surface area contributed by atoms with E-state index >= 15 is 0 Å². The molecule has 0 bridgehead atoms. The predicted molar refractivity (Wildman–Crippen MR) is 114 cm³/mol. The van der Waals surface area contributed by atoms with E-state index in [2.05, 4.69) is 39.6 Å². The average molecular weight is 405 g/mol. The zero-order chi connectivity index (χ0) is 20.8. The lowest BCUT2D eigenvalue weighted by Crippen LogP contribution is -2.34. The molecule has 6 heteroatoms. The number of carbonyl (C=O) groups is 1. The van der Waals surface area contributed by atoms with E-state index in [0.717, 1.165) is 49.5 Å². The highest BCUT2D eigenvalue weighted by Crippen LogP contribution is 2.27. The zero-order valence-corrected chi connectivity index (χ0v) is 17.2. The van der Waals surface area contributed by atoms with Crippen LogP contribution >= 0.6 is 0 Å². The molecule has 0 radical (unpaired) electrons. The third-order valence-corrected chi connectivity index (χ3v) is 5.51. The first-order chi connectivity index (χ1) is 14.7. The van der Waals surface area contributed by atoms with Gasteiger partial charge in [0.05, 0.1) is 12.8 Å². The van der Waals surface area contributed by atoms with E-state index in [4.69, 9.17) is 9.26 Å². The largest absolute Gasteiger partial charge is 0.497 e. The predicted octanol–water partition coefficient (Wildman–Crippen LogP) is 3.99. The van der Waals surface area contributed by atoms with Crippen molar-refractivity contribution in [2.45, 2.75) is 31.8 Å². The van der Waals surface area contributed by atoms with Crippen LogP contribution in [-0.2, 0) is 13.1 Å². The summed E-state index contributed by atoms with van der Waals surface area (Å²) in [5.41, 5.74) is 3.14. The molecule has 1 fully saturated rings. The highest BCUT2D eigenvalue weighted by molar-refractivity contribution is 5.91. The summed E-state index contributed by atoms with van der Waals surface area (Å²) < 4.78 is 10.6. The molecule has 1 aliphatic rings. The Morgan fingerprint density at radius 1 is 1.17 bits per heavy atom. The molecule has 1 amide bonds. The molecule has 1 aliphatic heterocycles. The molecule has 30 heavy (non-hydrogen) atoms. The van der Waals surface area contributed by atoms with E-state index in [9.17, 15) is 4.79 Å². The van der Waals surface area contributed by atoms with Gasteiger partial charge in [-0.1, -0.05) is 47.6 Å². The van der Waals surface area contributed by atoms with Crippen molar-refractivity contribution in [2.24, 2.45) is 0 Å². The van der Waals surface area contributed by atoms with Crippen LogP contribution in [0.2, 0.25) is 0 Å². The van der Waals surface area contributed by atoms with E-state index in [1.54, 1.807) is 13.2 Å². The van der Waals surface area contributed by atoms with Crippen LogP contribution < -0.4 is 10.1 Å². The first-order valence-electron chi connectivity index (χ1n) is 10.4. The van der Waals surface area contributed by atoms with Gasteiger partial charge in [-0.25, -0.2) is 0 Å². The van der Waals surface area contributed by atoms with Gasteiger partial charge in [-0.15, -0.1) is 0 Å². The second-order valence-corrected chi connectivity index (χ2v) is 7.71. The summed E-state index contributed by atoms with van der Waals surface area (Å²) >= 11 is 0. The van der Waals surface area contributed by atoms with Gasteiger partial charge in [-0.05, 0) is 42.6 Å². The van der Waals surface area contributed by atoms with Crippen LogP contribution in [0.25, 0.3) is 0 Å². The lowest BCUT2D eigenvalue weighted by Gasteiger charge is -2.31. The van der Waals surface area contributed by atoms with Crippen LogP contribution in [-0.4, -0.2) is 36.2 Å². The molecular weight excluding hydrogens is 378 g/mol. The van der Waals surface area contributed by atoms with Crippen LogP contribution in [0.3, 0.4) is 0 Å². The van der Waals surface area contributed by atoms with Gasteiger partial charge in [-0.2, -0.15) is 0 Å². The maximum atomic E-state index is 12.5. The zero-order valence-electron chi connectivity index (χ0n) is 17.2. The topological polar surface area (TPSA) is 67.6 Å². The van der Waals surface area contributed by atoms with Crippen molar-refractivity contribution in [3.05, 3.63) is 83.2 Å². The van der Waals surface area contributed by atoms with Crippen molar-refractivity contribution < 1.29 is 14.1 Å². The summed E-state index contributed by atoms with van der Waals surface area (Å²) in [7, 11) is 1.62. The van der Waals surface area contributed by atoms with Crippen LogP contribution in [0.4, 0.5) is 0 Å². The Morgan fingerprint density at radius 3 is 2.83 bits per heavy atom. The van der Waals surface area contributed by atoms with Gasteiger partial charge >= 0.3 is 0 Å². The molecule has 3 aromatic rings. The summed E-state index contributed by atoms with van der Waals surface area (Å²) in [4.78, 5) is 14.9. The first-order valence-corrected chi connectivity index (χ1v) is 10.4. The van der Waals surface area contributed by atoms with Gasteiger partial charge in [0.1, 0.15) is 5.75 Å². The summed E-state index contributed by atoms with van der Waals surface area (Å²) in [6, 6.07) is 19.9. The molecule has 0 unspecified atom stereocenters. The fourth-order valence-electron chi connectivity index (χ4n) is 3.92. The van der Waals surface area contributed by atoms with E-state index < -0.39 is 0 Å². The lowest BCUT2D eigenvalue weighted by atomic mass is 9.94. The van der Waals surface area contributed by atoms with Crippen LogP contribution in [0.5, 0.6) is 5.75 Å². The molecule has 4 rings (SSSR count). The van der Waals surface area contributed by atoms with Gasteiger partial charge in [0.15, 0.2) is 0 Å². The van der Waals surface area contributed by atoms with Crippen molar-refractivity contribution in [1.29, 1.82) is 0 Å². The molecule has 1 atom stereocenters. The Hall–Kier alpha value is -3.12. The number of piperidine rings is 1. The van der Waals surface area contributed by atoms with Gasteiger partial charge in [0, 0.05) is 31.6 Å². The number of rotatable bonds is 7. The molecule has 1 N–H and O–H groups in total. The molecule has 0 spiro atoms. The quantitative estimate of drug-likeness (QED) is 0.644. The first kappa shape index (κ1) is 20.2. The third kappa shape index (κ3) is 5.07. The number of aromatic nitrogens is 1. The van der Waals surface area contributed by atoms with Gasteiger partial charge < -0.3 is 14.6 Å². The number of hydrogen-bond acceptors (Lipinski definition) is 5. The lowest BCUT2D eigenvalue weighted by molar-refractivity contribution is 0.0913. The molecule has 0 saturated carbocycles. The van der Waals surface area contributed by atoms with Gasteiger partial charge in [-0.3, -0.25) is 9.69 Å². The summed E-state index contributed by atoms with van der Waals surface area (Å²) in [5, 5.41) is 7.09. The number of nitrogens with zero attached hydrogens (tertiary/aromatic N) is 2. The highest BCUT2D eigenvalue weighted by atomic mass is 16.5. The number of hydrogen-bond donors (Lipinski definition) is 1. The number of carbonyl (C=O) groups excluding carboxylic acids is 1. The van der Waals surface area contributed by atoms with Crippen LogP contribution in [0, 0.1) is 0 Å². The third-order valence-electron chi connectivity index (χ3n) is 5.51. The van der Waals surface area contributed by atoms with Gasteiger partial charge in [0.2, 0.25) is 5.76 Å². The monoisotopic (exact) mass is 405 g/mol. The average Bonchev–Trinajstić information content (AvgIpc) is 3.29. The number of methoxy groups -OCH3 is 1. The minimum Gasteiger partial charge on any atom is -0.497 e. The van der Waals surface area contributed by atoms with Gasteiger partial charge in [0.25, 0.3) is 5.91 Å². The second-order valence-electron chi connectivity index (χ2n) is 7.71. The van der Waals surface area contributed by atoms with Crippen LogP contribution in [0.15, 0.2) is 65.2 Å². The van der Waals surface area contributed by atoms with Crippen molar-refractivity contribution in [1.82, 2.24) is 15.4 Å². The second kappa shape index (κ2) is 9.59. The number of ether oxygens (including phenoxy) is 1.